The molecule has 2 unspecified atom stereocenters. The Morgan fingerprint density at radius 3 is 2.42 bits per heavy atom. The van der Waals surface area contributed by atoms with Crippen LogP contribution in [-0.2, 0) is 6.42 Å². The number of hydrogen-bond acceptors (Lipinski definition) is 1. The molecule has 2 atom stereocenters. The fourth-order valence-electron chi connectivity index (χ4n) is 2.59. The summed E-state index contributed by atoms with van der Waals surface area (Å²) in [7, 11) is 2.02. The van der Waals surface area contributed by atoms with Gasteiger partial charge in [-0.05, 0) is 42.6 Å². The van der Waals surface area contributed by atoms with E-state index in [4.69, 9.17) is 11.6 Å². The maximum atomic E-state index is 6.04. The van der Waals surface area contributed by atoms with Crippen molar-refractivity contribution >= 4 is 11.6 Å². The summed E-state index contributed by atoms with van der Waals surface area (Å²) in [5.74, 6) is 0.505. The van der Waals surface area contributed by atoms with Crippen LogP contribution in [0.3, 0.4) is 0 Å². The zero-order chi connectivity index (χ0) is 13.7. The first-order chi connectivity index (χ1) is 9.20. The molecule has 19 heavy (non-hydrogen) atoms. The topological polar surface area (TPSA) is 12.0 Å². The minimum Gasteiger partial charge on any atom is -0.313 e. The van der Waals surface area contributed by atoms with Gasteiger partial charge >= 0.3 is 0 Å². The summed E-state index contributed by atoms with van der Waals surface area (Å²) < 4.78 is 0. The molecule has 2 heteroatoms. The highest BCUT2D eigenvalue weighted by molar-refractivity contribution is 6.30. The van der Waals surface area contributed by atoms with Crippen molar-refractivity contribution in [3.63, 3.8) is 0 Å². The number of rotatable bonds is 5. The van der Waals surface area contributed by atoms with E-state index in [2.05, 4.69) is 54.7 Å². The fraction of sp³-hybridized carbons (Fsp3) is 0.294. The van der Waals surface area contributed by atoms with E-state index in [1.807, 2.05) is 19.2 Å². The van der Waals surface area contributed by atoms with Crippen LogP contribution in [0.2, 0.25) is 5.02 Å². The summed E-state index contributed by atoms with van der Waals surface area (Å²) in [5, 5.41) is 4.23. The third-order valence-electron chi connectivity index (χ3n) is 3.49. The molecule has 0 saturated carbocycles. The fourth-order valence-corrected chi connectivity index (χ4v) is 2.81. The highest BCUT2D eigenvalue weighted by atomic mass is 35.5. The molecule has 0 aromatic heterocycles. The first-order valence-electron chi connectivity index (χ1n) is 6.67. The highest BCUT2D eigenvalue weighted by Crippen LogP contribution is 2.25. The summed E-state index contributed by atoms with van der Waals surface area (Å²) in [6.45, 7) is 2.27. The molecule has 1 N–H and O–H groups in total. The van der Waals surface area contributed by atoms with E-state index in [1.54, 1.807) is 0 Å². The summed E-state index contributed by atoms with van der Waals surface area (Å²) in [6, 6.07) is 19.1. The summed E-state index contributed by atoms with van der Waals surface area (Å²) in [6.07, 6.45) is 1.01. The van der Waals surface area contributed by atoms with Gasteiger partial charge in [-0.1, -0.05) is 61.0 Å². The summed E-state index contributed by atoms with van der Waals surface area (Å²) in [5.41, 5.74) is 2.62. The molecule has 1 nitrogen and oxygen atoms in total. The van der Waals surface area contributed by atoms with Crippen molar-refractivity contribution in [2.75, 3.05) is 7.05 Å². The normalized spacial score (nSPS) is 14.1. The predicted octanol–water partition coefficient (Wildman–Crippen LogP) is 4.48. The van der Waals surface area contributed by atoms with Crippen molar-refractivity contribution < 1.29 is 0 Å². The third kappa shape index (κ3) is 3.82. The quantitative estimate of drug-likeness (QED) is 0.847. The number of halogens is 1. The van der Waals surface area contributed by atoms with Crippen LogP contribution < -0.4 is 5.32 Å². The first kappa shape index (κ1) is 14.1. The lowest BCUT2D eigenvalue weighted by Crippen LogP contribution is -2.24. The molecule has 0 amide bonds. The molecule has 0 aliphatic heterocycles. The van der Waals surface area contributed by atoms with Crippen LogP contribution in [0.5, 0.6) is 0 Å². The molecule has 0 aliphatic rings. The van der Waals surface area contributed by atoms with E-state index in [1.165, 1.54) is 11.1 Å². The summed E-state index contributed by atoms with van der Waals surface area (Å²) >= 11 is 6.04. The lowest BCUT2D eigenvalue weighted by Gasteiger charge is -2.24. The van der Waals surface area contributed by atoms with Gasteiger partial charge in [-0.2, -0.15) is 0 Å². The van der Waals surface area contributed by atoms with Gasteiger partial charge in [0.1, 0.15) is 0 Å². The molecule has 0 radical (unpaired) electrons. The van der Waals surface area contributed by atoms with Crippen molar-refractivity contribution in [3.05, 3.63) is 70.7 Å². The van der Waals surface area contributed by atoms with Gasteiger partial charge < -0.3 is 5.32 Å². The zero-order valence-corrected chi connectivity index (χ0v) is 12.2. The van der Waals surface area contributed by atoms with Gasteiger partial charge in [0.15, 0.2) is 0 Å². The molecule has 2 aromatic rings. The Morgan fingerprint density at radius 2 is 1.79 bits per heavy atom. The van der Waals surface area contributed by atoms with Gasteiger partial charge in [0.05, 0.1) is 0 Å². The van der Waals surface area contributed by atoms with Crippen LogP contribution in [0.4, 0.5) is 0 Å². The first-order valence-corrected chi connectivity index (χ1v) is 7.05. The highest BCUT2D eigenvalue weighted by Gasteiger charge is 2.17. The van der Waals surface area contributed by atoms with Crippen molar-refractivity contribution in [2.45, 2.75) is 19.4 Å². The Balaban J connectivity index is 2.11. The standard InChI is InChI=1S/C17H20ClN/c1-13(11-14-7-6-10-16(18)12-14)17(19-2)15-8-4-3-5-9-15/h3-10,12-13,17,19H,11H2,1-2H3. The second-order valence-electron chi connectivity index (χ2n) is 4.99. The van der Waals surface area contributed by atoms with Crippen LogP contribution in [-0.4, -0.2) is 7.05 Å². The van der Waals surface area contributed by atoms with Gasteiger partial charge in [0, 0.05) is 11.1 Å². The Hall–Kier alpha value is -1.31. The van der Waals surface area contributed by atoms with Crippen molar-refractivity contribution in [1.29, 1.82) is 0 Å². The Labute approximate surface area is 120 Å². The molecule has 0 saturated heterocycles. The van der Waals surface area contributed by atoms with Crippen LogP contribution >= 0.6 is 11.6 Å². The van der Waals surface area contributed by atoms with Gasteiger partial charge in [-0.3, -0.25) is 0 Å². The van der Waals surface area contributed by atoms with Crippen molar-refractivity contribution in [1.82, 2.24) is 5.32 Å². The van der Waals surface area contributed by atoms with Crippen LogP contribution in [0, 0.1) is 5.92 Å². The van der Waals surface area contributed by atoms with Gasteiger partial charge in [-0.15, -0.1) is 0 Å². The van der Waals surface area contributed by atoms with E-state index in [-0.39, 0.29) is 0 Å². The van der Waals surface area contributed by atoms with Crippen molar-refractivity contribution in [3.8, 4) is 0 Å². The monoisotopic (exact) mass is 273 g/mol. The maximum absolute atomic E-state index is 6.04. The van der Waals surface area contributed by atoms with Crippen LogP contribution in [0.25, 0.3) is 0 Å². The number of hydrogen-bond donors (Lipinski definition) is 1. The molecule has 0 heterocycles. The Bertz CT molecular complexity index is 510. The average molecular weight is 274 g/mol. The van der Waals surface area contributed by atoms with Crippen LogP contribution in [0.1, 0.15) is 24.1 Å². The molecule has 100 valence electrons. The van der Waals surface area contributed by atoms with E-state index in [0.29, 0.717) is 12.0 Å². The minimum absolute atomic E-state index is 0.361. The van der Waals surface area contributed by atoms with Crippen molar-refractivity contribution in [2.24, 2.45) is 5.92 Å². The molecular formula is C17H20ClN. The minimum atomic E-state index is 0.361. The predicted molar refractivity (Wildman–Crippen MR) is 82.6 cm³/mol. The van der Waals surface area contributed by atoms with E-state index < -0.39 is 0 Å². The second-order valence-corrected chi connectivity index (χ2v) is 5.42. The number of nitrogens with one attached hydrogen (secondary N) is 1. The van der Waals surface area contributed by atoms with Gasteiger partial charge in [0.2, 0.25) is 0 Å². The molecule has 0 spiro atoms. The Kier molecular flexibility index (Phi) is 5.00. The molecule has 2 aromatic carbocycles. The van der Waals surface area contributed by atoms with E-state index in [0.717, 1.165) is 11.4 Å². The second kappa shape index (κ2) is 6.74. The largest absolute Gasteiger partial charge is 0.313 e. The van der Waals surface area contributed by atoms with Gasteiger partial charge in [-0.25, -0.2) is 0 Å². The Morgan fingerprint density at radius 1 is 1.05 bits per heavy atom. The molecule has 0 bridgehead atoms. The zero-order valence-electron chi connectivity index (χ0n) is 11.4. The molecule has 0 fully saturated rings. The van der Waals surface area contributed by atoms with E-state index >= 15 is 0 Å². The summed E-state index contributed by atoms with van der Waals surface area (Å²) in [4.78, 5) is 0. The van der Waals surface area contributed by atoms with E-state index in [9.17, 15) is 0 Å². The number of benzene rings is 2. The lowest BCUT2D eigenvalue weighted by molar-refractivity contribution is 0.409. The molecular weight excluding hydrogens is 254 g/mol. The smallest absolute Gasteiger partial charge is 0.0408 e. The lowest BCUT2D eigenvalue weighted by atomic mass is 9.89. The molecule has 2 rings (SSSR count). The van der Waals surface area contributed by atoms with Crippen LogP contribution in [0.15, 0.2) is 54.6 Å². The maximum Gasteiger partial charge on any atom is 0.0408 e. The van der Waals surface area contributed by atoms with Gasteiger partial charge in [0.25, 0.3) is 0 Å². The molecule has 0 aliphatic carbocycles. The third-order valence-corrected chi connectivity index (χ3v) is 3.72. The average Bonchev–Trinajstić information content (AvgIpc) is 2.41. The SMILES string of the molecule is CNC(c1ccccc1)C(C)Cc1cccc(Cl)c1.